The van der Waals surface area contributed by atoms with Gasteiger partial charge in [-0.2, -0.15) is 5.10 Å². The molecule has 1 amide bonds. The Labute approximate surface area is 176 Å². The molecule has 2 aromatic heterocycles. The van der Waals surface area contributed by atoms with E-state index in [-0.39, 0.29) is 23.8 Å². The summed E-state index contributed by atoms with van der Waals surface area (Å²) in [5, 5.41) is 9.07. The van der Waals surface area contributed by atoms with Gasteiger partial charge in [-0.3, -0.25) is 14.3 Å². The first kappa shape index (κ1) is 20.4. The maximum atomic E-state index is 12.9. The van der Waals surface area contributed by atoms with Gasteiger partial charge in [-0.1, -0.05) is 19.3 Å². The fourth-order valence-corrected chi connectivity index (χ4v) is 5.88. The first-order valence-electron chi connectivity index (χ1n) is 11.0. The molecule has 0 atom stereocenters. The van der Waals surface area contributed by atoms with Crippen molar-refractivity contribution in [1.82, 2.24) is 15.1 Å². The lowest BCUT2D eigenvalue weighted by Gasteiger charge is -2.27. The molecule has 29 heavy (non-hydrogen) atoms. The molecule has 0 aromatic carbocycles. The Kier molecular flexibility index (Phi) is 6.23. The van der Waals surface area contributed by atoms with Crippen molar-refractivity contribution in [2.24, 2.45) is 5.92 Å². The average molecular weight is 418 g/mol. The van der Waals surface area contributed by atoms with Gasteiger partial charge in [0.1, 0.15) is 4.83 Å². The molecule has 2 saturated carbocycles. The third-order valence-electron chi connectivity index (χ3n) is 6.39. The van der Waals surface area contributed by atoms with Crippen LogP contribution in [-0.2, 0) is 9.53 Å². The van der Waals surface area contributed by atoms with Gasteiger partial charge in [-0.05, 0) is 58.4 Å². The third kappa shape index (κ3) is 4.34. The van der Waals surface area contributed by atoms with Gasteiger partial charge in [0.2, 0.25) is 0 Å². The number of carbonyl (C=O) groups excluding carboxylic acids is 2. The first-order chi connectivity index (χ1) is 14.1. The Morgan fingerprint density at radius 1 is 1.17 bits per heavy atom. The molecule has 0 unspecified atom stereocenters. The van der Waals surface area contributed by atoms with E-state index >= 15 is 0 Å². The highest BCUT2D eigenvalue weighted by molar-refractivity contribution is 7.20. The van der Waals surface area contributed by atoms with Crippen molar-refractivity contribution < 1.29 is 14.3 Å². The van der Waals surface area contributed by atoms with Gasteiger partial charge in [-0.15, -0.1) is 11.3 Å². The predicted molar refractivity (Wildman–Crippen MR) is 114 cm³/mol. The van der Waals surface area contributed by atoms with Gasteiger partial charge >= 0.3 is 5.97 Å². The molecular weight excluding hydrogens is 386 g/mol. The summed E-state index contributed by atoms with van der Waals surface area (Å²) in [6.07, 6.45) is 9.42. The summed E-state index contributed by atoms with van der Waals surface area (Å²) in [6, 6.07) is 2.60. The van der Waals surface area contributed by atoms with Crippen molar-refractivity contribution in [1.29, 1.82) is 0 Å². The zero-order chi connectivity index (χ0) is 20.4. The zero-order valence-electron chi connectivity index (χ0n) is 17.4. The highest BCUT2D eigenvalue weighted by Crippen LogP contribution is 2.35. The van der Waals surface area contributed by atoms with E-state index in [0.29, 0.717) is 12.6 Å². The van der Waals surface area contributed by atoms with Crippen molar-refractivity contribution in [2.45, 2.75) is 83.7 Å². The van der Waals surface area contributed by atoms with Crippen LogP contribution in [0.2, 0.25) is 0 Å². The van der Waals surface area contributed by atoms with Crippen molar-refractivity contribution >= 4 is 33.4 Å². The number of nitrogens with one attached hydrogen (secondary N) is 1. The SMILES string of the molecule is CCOC(=O)C1CCC(NC(=O)c2cc3c(C)nn(C4CCCCC4)c3s2)CC1. The van der Waals surface area contributed by atoms with Crippen LogP contribution in [0.5, 0.6) is 0 Å². The van der Waals surface area contributed by atoms with Gasteiger partial charge in [0, 0.05) is 11.4 Å². The lowest BCUT2D eigenvalue weighted by Crippen LogP contribution is -2.38. The number of esters is 1. The van der Waals surface area contributed by atoms with Crippen molar-refractivity contribution in [3.63, 3.8) is 0 Å². The smallest absolute Gasteiger partial charge is 0.308 e. The Morgan fingerprint density at radius 3 is 2.59 bits per heavy atom. The summed E-state index contributed by atoms with van der Waals surface area (Å²) in [5.41, 5.74) is 1.01. The number of ether oxygens (including phenoxy) is 1. The molecule has 4 rings (SSSR count). The quantitative estimate of drug-likeness (QED) is 0.712. The Bertz CT molecular complexity index is 873. The molecule has 7 heteroatoms. The predicted octanol–water partition coefficient (Wildman–Crippen LogP) is 4.76. The van der Waals surface area contributed by atoms with Gasteiger partial charge < -0.3 is 10.1 Å². The number of nitrogens with zero attached hydrogens (tertiary/aromatic N) is 2. The summed E-state index contributed by atoms with van der Waals surface area (Å²) in [5.74, 6) is -0.110. The van der Waals surface area contributed by atoms with Crippen molar-refractivity contribution in [3.8, 4) is 0 Å². The second-order valence-electron chi connectivity index (χ2n) is 8.43. The molecule has 2 aliphatic rings. The monoisotopic (exact) mass is 417 g/mol. The van der Waals surface area contributed by atoms with Crippen LogP contribution >= 0.6 is 11.3 Å². The third-order valence-corrected chi connectivity index (χ3v) is 7.52. The largest absolute Gasteiger partial charge is 0.466 e. The molecule has 0 radical (unpaired) electrons. The van der Waals surface area contributed by atoms with Crippen LogP contribution in [0.4, 0.5) is 0 Å². The molecule has 2 heterocycles. The lowest BCUT2D eigenvalue weighted by atomic mass is 9.86. The number of fused-ring (bicyclic) bond motifs is 1. The number of aryl methyl sites for hydroxylation is 1. The van der Waals surface area contributed by atoms with Crippen molar-refractivity contribution in [2.75, 3.05) is 6.61 Å². The Hall–Kier alpha value is -1.89. The molecule has 2 fully saturated rings. The van der Waals surface area contributed by atoms with Crippen LogP contribution in [0.1, 0.15) is 86.1 Å². The van der Waals surface area contributed by atoms with Crippen molar-refractivity contribution in [3.05, 3.63) is 16.6 Å². The molecule has 1 N–H and O–H groups in total. The molecule has 0 saturated heterocycles. The van der Waals surface area contributed by atoms with E-state index in [1.807, 2.05) is 19.9 Å². The fourth-order valence-electron chi connectivity index (χ4n) is 4.75. The fraction of sp³-hybridized carbons (Fsp3) is 0.682. The minimum Gasteiger partial charge on any atom is -0.466 e. The number of hydrogen-bond donors (Lipinski definition) is 1. The van der Waals surface area contributed by atoms with E-state index in [1.165, 1.54) is 32.1 Å². The van der Waals surface area contributed by atoms with E-state index in [4.69, 9.17) is 9.84 Å². The van der Waals surface area contributed by atoms with Gasteiger partial charge in [0.15, 0.2) is 0 Å². The zero-order valence-corrected chi connectivity index (χ0v) is 18.2. The molecule has 6 nitrogen and oxygen atoms in total. The molecular formula is C22H31N3O3S. The average Bonchev–Trinajstić information content (AvgIpc) is 3.30. The number of thiophene rings is 1. The van der Waals surface area contributed by atoms with E-state index in [1.54, 1.807) is 11.3 Å². The van der Waals surface area contributed by atoms with Gasteiger partial charge in [0.25, 0.3) is 5.91 Å². The molecule has 0 spiro atoms. The molecule has 0 bridgehead atoms. The number of aromatic nitrogens is 2. The summed E-state index contributed by atoms with van der Waals surface area (Å²) >= 11 is 1.56. The van der Waals surface area contributed by atoms with Gasteiger partial charge in [-0.25, -0.2) is 0 Å². The Morgan fingerprint density at radius 2 is 1.90 bits per heavy atom. The molecule has 158 valence electrons. The first-order valence-corrected chi connectivity index (χ1v) is 11.8. The van der Waals surface area contributed by atoms with Crippen LogP contribution in [-0.4, -0.2) is 34.3 Å². The highest BCUT2D eigenvalue weighted by Gasteiger charge is 2.29. The molecule has 2 aliphatic carbocycles. The second kappa shape index (κ2) is 8.86. The van der Waals surface area contributed by atoms with Crippen LogP contribution in [0.15, 0.2) is 6.07 Å². The summed E-state index contributed by atoms with van der Waals surface area (Å²) in [4.78, 5) is 26.7. The van der Waals surface area contributed by atoms with Gasteiger partial charge in [0.05, 0.1) is 29.1 Å². The molecule has 0 aliphatic heterocycles. The molecule has 2 aromatic rings. The van der Waals surface area contributed by atoms with E-state index in [0.717, 1.165) is 46.5 Å². The number of hydrogen-bond acceptors (Lipinski definition) is 5. The Balaban J connectivity index is 1.41. The van der Waals surface area contributed by atoms with Crippen LogP contribution < -0.4 is 5.32 Å². The van der Waals surface area contributed by atoms with Crippen LogP contribution in [0.25, 0.3) is 10.2 Å². The second-order valence-corrected chi connectivity index (χ2v) is 9.46. The topological polar surface area (TPSA) is 73.2 Å². The summed E-state index contributed by atoms with van der Waals surface area (Å²) in [6.45, 7) is 4.30. The number of rotatable bonds is 5. The normalized spacial score (nSPS) is 23.2. The van der Waals surface area contributed by atoms with E-state index in [9.17, 15) is 9.59 Å². The maximum absolute atomic E-state index is 12.9. The van der Waals surface area contributed by atoms with E-state index in [2.05, 4.69) is 10.00 Å². The van der Waals surface area contributed by atoms with E-state index < -0.39 is 0 Å². The highest BCUT2D eigenvalue weighted by atomic mass is 32.1. The van der Waals surface area contributed by atoms with Crippen LogP contribution in [0, 0.1) is 12.8 Å². The maximum Gasteiger partial charge on any atom is 0.308 e. The number of carbonyl (C=O) groups is 2. The summed E-state index contributed by atoms with van der Waals surface area (Å²) in [7, 11) is 0. The lowest BCUT2D eigenvalue weighted by molar-refractivity contribution is -0.149. The number of amides is 1. The minimum absolute atomic E-state index is 0.000351. The minimum atomic E-state index is -0.0930. The summed E-state index contributed by atoms with van der Waals surface area (Å²) < 4.78 is 7.31. The van der Waals surface area contributed by atoms with Crippen LogP contribution in [0.3, 0.4) is 0 Å². The standard InChI is InChI=1S/C22H31N3O3S/c1-3-28-22(27)15-9-11-16(12-10-15)23-20(26)19-13-18-14(2)24-25(21(18)29-19)17-7-5-4-6-8-17/h13,15-17H,3-12H2,1-2H3,(H,23,26).